The van der Waals surface area contributed by atoms with Gasteiger partial charge in [0.2, 0.25) is 5.91 Å². The molecule has 6 heteroatoms. The van der Waals surface area contributed by atoms with E-state index in [1.165, 1.54) is 0 Å². The molecule has 0 bridgehead atoms. The molecule has 2 heterocycles. The first-order valence-electron chi connectivity index (χ1n) is 8.15. The molecule has 1 aliphatic heterocycles. The minimum atomic E-state index is -1.21. The summed E-state index contributed by atoms with van der Waals surface area (Å²) >= 11 is 0. The molecule has 1 aromatic heterocycles. The van der Waals surface area contributed by atoms with Crippen molar-refractivity contribution in [2.24, 2.45) is 5.73 Å². The first-order chi connectivity index (χ1) is 10.9. The summed E-state index contributed by atoms with van der Waals surface area (Å²) in [5, 5.41) is 10.5. The van der Waals surface area contributed by atoms with E-state index in [-0.39, 0.29) is 18.9 Å². The van der Waals surface area contributed by atoms with Gasteiger partial charge in [-0.25, -0.2) is 0 Å². The van der Waals surface area contributed by atoms with Crippen molar-refractivity contribution < 1.29 is 14.7 Å². The number of likely N-dealkylation sites (tertiary alicyclic amines) is 1. The number of β-amino-alcohol motifs (C(OH)–C–C–N with tert-alkyl or cyclic N) is 1. The highest BCUT2D eigenvalue weighted by Crippen LogP contribution is 2.41. The lowest BCUT2D eigenvalue weighted by atomic mass is 9.89. The van der Waals surface area contributed by atoms with Gasteiger partial charge in [-0.05, 0) is 44.7 Å². The van der Waals surface area contributed by atoms with Crippen molar-refractivity contribution in [2.45, 2.75) is 50.5 Å². The van der Waals surface area contributed by atoms with Gasteiger partial charge in [-0.3, -0.25) is 14.6 Å². The van der Waals surface area contributed by atoms with Crippen molar-refractivity contribution >= 4 is 11.8 Å². The van der Waals surface area contributed by atoms with Crippen molar-refractivity contribution in [1.29, 1.82) is 0 Å². The van der Waals surface area contributed by atoms with Crippen molar-refractivity contribution in [1.82, 2.24) is 9.88 Å². The maximum Gasteiger partial charge on any atom is 0.255 e. The molecule has 3 rings (SSSR count). The number of hydrogen-bond acceptors (Lipinski definition) is 4. The van der Waals surface area contributed by atoms with Gasteiger partial charge in [0.25, 0.3) is 5.91 Å². The number of rotatable bonds is 4. The average molecular weight is 317 g/mol. The number of primary amides is 1. The second-order valence-corrected chi connectivity index (χ2v) is 6.86. The van der Waals surface area contributed by atoms with Crippen molar-refractivity contribution in [3.8, 4) is 0 Å². The smallest absolute Gasteiger partial charge is 0.255 e. The normalized spacial score (nSPS) is 24.5. The summed E-state index contributed by atoms with van der Waals surface area (Å²) in [6.45, 7) is 2.65. The third-order valence-electron chi connectivity index (χ3n) is 4.60. The van der Waals surface area contributed by atoms with E-state index in [0.717, 1.165) is 24.2 Å². The lowest BCUT2D eigenvalue weighted by Crippen LogP contribution is -2.52. The molecule has 124 valence electrons. The number of nitrogens with zero attached hydrogens (tertiary/aromatic N) is 2. The molecule has 2 aliphatic rings. The molecule has 1 unspecified atom stereocenters. The summed E-state index contributed by atoms with van der Waals surface area (Å²) in [7, 11) is 0. The van der Waals surface area contributed by atoms with Crippen LogP contribution in [-0.4, -0.2) is 45.5 Å². The molecule has 6 nitrogen and oxygen atoms in total. The van der Waals surface area contributed by atoms with Gasteiger partial charge in [-0.15, -0.1) is 0 Å². The number of carbonyl (C=O) groups is 2. The van der Waals surface area contributed by atoms with E-state index in [4.69, 9.17) is 5.73 Å². The Balaban J connectivity index is 1.81. The van der Waals surface area contributed by atoms with Gasteiger partial charge in [-0.2, -0.15) is 0 Å². The number of pyridine rings is 1. The number of aryl methyl sites for hydroxylation is 1. The second kappa shape index (κ2) is 5.92. The first kappa shape index (κ1) is 15.9. The van der Waals surface area contributed by atoms with Gasteiger partial charge in [0, 0.05) is 18.2 Å². The molecule has 0 aromatic carbocycles. The summed E-state index contributed by atoms with van der Waals surface area (Å²) < 4.78 is 0. The van der Waals surface area contributed by atoms with Crippen LogP contribution in [0, 0.1) is 6.92 Å². The molecule has 0 radical (unpaired) electrons. The summed E-state index contributed by atoms with van der Waals surface area (Å²) in [4.78, 5) is 30.2. The fourth-order valence-corrected chi connectivity index (χ4v) is 3.35. The van der Waals surface area contributed by atoms with Crippen LogP contribution >= 0.6 is 0 Å². The van der Waals surface area contributed by atoms with Crippen LogP contribution in [-0.2, 0) is 4.79 Å². The highest BCUT2D eigenvalue weighted by atomic mass is 16.3. The monoisotopic (exact) mass is 317 g/mol. The molecule has 3 N–H and O–H groups in total. The van der Waals surface area contributed by atoms with Crippen molar-refractivity contribution in [3.63, 3.8) is 0 Å². The number of piperidine rings is 1. The minimum absolute atomic E-state index is 0.109. The Hall–Kier alpha value is -1.95. The fourth-order valence-electron chi connectivity index (χ4n) is 3.35. The van der Waals surface area contributed by atoms with Crippen LogP contribution in [0.5, 0.6) is 0 Å². The van der Waals surface area contributed by atoms with Crippen LogP contribution in [0.4, 0.5) is 0 Å². The minimum Gasteiger partial charge on any atom is -0.388 e. The SMILES string of the molecule is Cc1ccc(C(=O)N2CCCC(O)(CC(N)=O)C2)c(C2CC2)n1. The molecule has 1 atom stereocenters. The van der Waals surface area contributed by atoms with Crippen LogP contribution in [0.2, 0.25) is 0 Å². The average Bonchev–Trinajstić information content (AvgIpc) is 3.29. The Labute approximate surface area is 135 Å². The zero-order valence-corrected chi connectivity index (χ0v) is 13.4. The fraction of sp³-hybridized carbons (Fsp3) is 0.588. The number of hydrogen-bond donors (Lipinski definition) is 2. The van der Waals surface area contributed by atoms with Crippen molar-refractivity contribution in [2.75, 3.05) is 13.1 Å². The van der Waals surface area contributed by atoms with E-state index >= 15 is 0 Å². The summed E-state index contributed by atoms with van der Waals surface area (Å²) in [6, 6.07) is 3.68. The predicted octanol–water partition coefficient (Wildman–Crippen LogP) is 1.11. The topological polar surface area (TPSA) is 96.5 Å². The molecule has 23 heavy (non-hydrogen) atoms. The maximum atomic E-state index is 12.9. The van der Waals surface area contributed by atoms with Crippen LogP contribution in [0.15, 0.2) is 12.1 Å². The Morgan fingerprint density at radius 1 is 1.43 bits per heavy atom. The number of aromatic nitrogens is 1. The van der Waals surface area contributed by atoms with E-state index in [1.54, 1.807) is 4.90 Å². The van der Waals surface area contributed by atoms with E-state index in [2.05, 4.69) is 4.98 Å². The molecule has 1 aromatic rings. The van der Waals surface area contributed by atoms with E-state index < -0.39 is 11.5 Å². The van der Waals surface area contributed by atoms with Crippen LogP contribution in [0.1, 0.15) is 59.8 Å². The lowest BCUT2D eigenvalue weighted by Gasteiger charge is -2.38. The Morgan fingerprint density at radius 2 is 2.17 bits per heavy atom. The Kier molecular flexibility index (Phi) is 4.10. The van der Waals surface area contributed by atoms with Gasteiger partial charge in [-0.1, -0.05) is 0 Å². The Bertz CT molecular complexity index is 642. The molecular formula is C17H23N3O3. The second-order valence-electron chi connectivity index (χ2n) is 6.86. The summed E-state index contributed by atoms with van der Waals surface area (Å²) in [5.41, 5.74) is 6.42. The quantitative estimate of drug-likeness (QED) is 0.869. The zero-order valence-electron chi connectivity index (χ0n) is 13.4. The van der Waals surface area contributed by atoms with Crippen molar-refractivity contribution in [3.05, 3.63) is 29.1 Å². The number of carbonyl (C=O) groups excluding carboxylic acids is 2. The van der Waals surface area contributed by atoms with Crippen LogP contribution < -0.4 is 5.73 Å². The highest BCUT2D eigenvalue weighted by Gasteiger charge is 2.38. The van der Waals surface area contributed by atoms with Gasteiger partial charge in [0.05, 0.1) is 29.8 Å². The zero-order chi connectivity index (χ0) is 16.6. The van der Waals surface area contributed by atoms with Gasteiger partial charge < -0.3 is 15.7 Å². The van der Waals surface area contributed by atoms with E-state index in [0.29, 0.717) is 30.9 Å². The molecule has 1 saturated carbocycles. The maximum absolute atomic E-state index is 12.9. The molecule has 1 saturated heterocycles. The van der Waals surface area contributed by atoms with Crippen LogP contribution in [0.3, 0.4) is 0 Å². The van der Waals surface area contributed by atoms with E-state index in [1.807, 2.05) is 19.1 Å². The summed E-state index contributed by atoms with van der Waals surface area (Å²) in [5.74, 6) is -0.275. The highest BCUT2D eigenvalue weighted by molar-refractivity contribution is 5.95. The molecular weight excluding hydrogens is 294 g/mol. The van der Waals surface area contributed by atoms with Gasteiger partial charge in [0.1, 0.15) is 0 Å². The number of nitrogens with two attached hydrogens (primary N) is 1. The van der Waals surface area contributed by atoms with Crippen LogP contribution in [0.25, 0.3) is 0 Å². The largest absolute Gasteiger partial charge is 0.388 e. The lowest BCUT2D eigenvalue weighted by molar-refractivity contribution is -0.125. The van der Waals surface area contributed by atoms with Gasteiger partial charge >= 0.3 is 0 Å². The molecule has 1 aliphatic carbocycles. The predicted molar refractivity (Wildman–Crippen MR) is 84.8 cm³/mol. The first-order valence-corrected chi connectivity index (χ1v) is 8.15. The summed E-state index contributed by atoms with van der Waals surface area (Å²) in [6.07, 6.45) is 3.18. The Morgan fingerprint density at radius 3 is 2.83 bits per heavy atom. The molecule has 2 amide bonds. The molecule has 2 fully saturated rings. The van der Waals surface area contributed by atoms with Gasteiger partial charge in [0.15, 0.2) is 0 Å². The third-order valence-corrected chi connectivity index (χ3v) is 4.60. The third kappa shape index (κ3) is 3.52. The molecule has 0 spiro atoms. The number of aliphatic hydroxyl groups is 1. The van der Waals surface area contributed by atoms with E-state index in [9.17, 15) is 14.7 Å². The number of amides is 2. The standard InChI is InChI=1S/C17H23N3O3/c1-11-3-6-13(15(19-11)12-4-5-12)16(22)20-8-2-7-17(23,10-20)9-14(18)21/h3,6,12,23H,2,4-5,7-10H2,1H3,(H2,18,21).